The Hall–Kier alpha value is -3.20. The molecule has 25 heavy (non-hydrogen) atoms. The Bertz CT molecular complexity index is 1050. The van der Waals surface area contributed by atoms with Crippen molar-refractivity contribution in [3.8, 4) is 6.07 Å². The fourth-order valence-electron chi connectivity index (χ4n) is 3.56. The number of halogens is 1. The molecular formula is C19H14FN4O. The molecule has 0 aliphatic heterocycles. The number of benzene rings is 1. The van der Waals surface area contributed by atoms with Crippen LogP contribution in [0.25, 0.3) is 10.9 Å². The second kappa shape index (κ2) is 5.71. The molecular weight excluding hydrogens is 319 g/mol. The molecule has 2 aromatic heterocycles. The van der Waals surface area contributed by atoms with E-state index >= 15 is 0 Å². The summed E-state index contributed by atoms with van der Waals surface area (Å²) in [6.45, 7) is 0.384. The molecule has 2 heterocycles. The summed E-state index contributed by atoms with van der Waals surface area (Å²) in [5.41, 5.74) is 9.34. The Kier molecular flexibility index (Phi) is 3.50. The average molecular weight is 333 g/mol. The number of nitriles is 1. The van der Waals surface area contributed by atoms with E-state index < -0.39 is 17.8 Å². The zero-order valence-corrected chi connectivity index (χ0v) is 13.2. The molecule has 1 atom stereocenters. The Morgan fingerprint density at radius 3 is 2.96 bits per heavy atom. The van der Waals surface area contributed by atoms with E-state index in [4.69, 9.17) is 5.73 Å². The minimum atomic E-state index is -0.529. The summed E-state index contributed by atoms with van der Waals surface area (Å²) in [6.07, 6.45) is 2.47. The molecule has 1 radical (unpaired) electrons. The van der Waals surface area contributed by atoms with Crippen LogP contribution in [0.1, 0.15) is 28.4 Å². The van der Waals surface area contributed by atoms with Crippen LogP contribution in [0, 0.1) is 23.7 Å². The summed E-state index contributed by atoms with van der Waals surface area (Å²) < 4.78 is 15.4. The van der Waals surface area contributed by atoms with Gasteiger partial charge in [-0.2, -0.15) is 9.65 Å². The lowest BCUT2D eigenvalue weighted by atomic mass is 9.98. The fraction of sp³-hybridized carbons (Fsp3) is 0.158. The van der Waals surface area contributed by atoms with E-state index in [1.54, 1.807) is 24.3 Å². The first kappa shape index (κ1) is 15.3. The third kappa shape index (κ3) is 2.45. The number of nitrogens with zero attached hydrogens (tertiary/aromatic N) is 3. The first-order chi connectivity index (χ1) is 12.1. The Labute approximate surface area is 143 Å². The first-order valence-electron chi connectivity index (χ1n) is 7.87. The number of carbonyl (C=O) groups excluding carboxylic acids is 1. The standard InChI is InChI=1S/C19H14FN4O/c20-17-3-1-2-12(23-17)10-24-15-6-4-11(9-21)8-14(15)18-13(19(22)25)5-7-16(18)24/h1-6,8,13H,7,10H2,(H2,22,25). The van der Waals surface area contributed by atoms with Crippen LogP contribution in [-0.4, -0.2) is 15.5 Å². The van der Waals surface area contributed by atoms with Gasteiger partial charge in [-0.15, -0.1) is 0 Å². The lowest BCUT2D eigenvalue weighted by Crippen LogP contribution is -2.19. The van der Waals surface area contributed by atoms with Crippen LogP contribution in [0.5, 0.6) is 0 Å². The van der Waals surface area contributed by atoms with Crippen molar-refractivity contribution in [2.75, 3.05) is 0 Å². The van der Waals surface area contributed by atoms with Gasteiger partial charge in [0, 0.05) is 16.6 Å². The summed E-state index contributed by atoms with van der Waals surface area (Å²) in [5.74, 6) is -1.42. The van der Waals surface area contributed by atoms with Crippen LogP contribution in [0.2, 0.25) is 0 Å². The fourth-order valence-corrected chi connectivity index (χ4v) is 3.56. The number of aromatic nitrogens is 2. The van der Waals surface area contributed by atoms with Crippen molar-refractivity contribution in [2.45, 2.75) is 18.9 Å². The number of amides is 1. The minimum absolute atomic E-state index is 0.384. The van der Waals surface area contributed by atoms with E-state index in [-0.39, 0.29) is 0 Å². The zero-order chi connectivity index (χ0) is 17.6. The third-order valence-corrected chi connectivity index (χ3v) is 4.60. The Morgan fingerprint density at radius 2 is 2.24 bits per heavy atom. The number of primary amides is 1. The molecule has 0 fully saturated rings. The van der Waals surface area contributed by atoms with Crippen LogP contribution in [0.3, 0.4) is 0 Å². The molecule has 1 amide bonds. The van der Waals surface area contributed by atoms with Crippen LogP contribution in [0.4, 0.5) is 4.39 Å². The topological polar surface area (TPSA) is 84.7 Å². The highest BCUT2D eigenvalue weighted by Gasteiger charge is 2.33. The van der Waals surface area contributed by atoms with Crippen LogP contribution >= 0.6 is 0 Å². The van der Waals surface area contributed by atoms with E-state index in [1.807, 2.05) is 17.1 Å². The number of carbonyl (C=O) groups is 1. The third-order valence-electron chi connectivity index (χ3n) is 4.60. The molecule has 0 saturated heterocycles. The second-order valence-corrected chi connectivity index (χ2v) is 6.06. The summed E-state index contributed by atoms with van der Waals surface area (Å²) in [6, 6.07) is 12.2. The average Bonchev–Trinajstić information content (AvgIpc) is 3.15. The quantitative estimate of drug-likeness (QED) is 0.747. The first-order valence-corrected chi connectivity index (χ1v) is 7.87. The van der Waals surface area contributed by atoms with Gasteiger partial charge in [-0.3, -0.25) is 4.79 Å². The van der Waals surface area contributed by atoms with Gasteiger partial charge in [-0.05, 0) is 48.7 Å². The maximum Gasteiger partial charge on any atom is 0.225 e. The minimum Gasteiger partial charge on any atom is -0.369 e. The Balaban J connectivity index is 1.93. The van der Waals surface area contributed by atoms with Gasteiger partial charge < -0.3 is 10.3 Å². The van der Waals surface area contributed by atoms with E-state index in [2.05, 4.69) is 11.1 Å². The predicted octanol–water partition coefficient (Wildman–Crippen LogP) is 2.42. The molecule has 1 aliphatic rings. The van der Waals surface area contributed by atoms with Crippen molar-refractivity contribution >= 4 is 16.8 Å². The number of fused-ring (bicyclic) bond motifs is 3. The van der Waals surface area contributed by atoms with Crippen molar-refractivity contribution in [3.63, 3.8) is 0 Å². The molecule has 4 rings (SSSR count). The largest absolute Gasteiger partial charge is 0.369 e. The van der Waals surface area contributed by atoms with Gasteiger partial charge >= 0.3 is 0 Å². The van der Waals surface area contributed by atoms with E-state index in [0.717, 1.165) is 22.2 Å². The summed E-state index contributed by atoms with van der Waals surface area (Å²) in [7, 11) is 0. The van der Waals surface area contributed by atoms with Gasteiger partial charge in [0.25, 0.3) is 0 Å². The Morgan fingerprint density at radius 1 is 1.40 bits per heavy atom. The molecule has 123 valence electrons. The maximum absolute atomic E-state index is 13.4. The SMILES string of the molecule is N#Cc1ccc2c(c1)c1c(n2Cc2cccc(F)n2)C[CH]C1C(N)=O. The lowest BCUT2D eigenvalue weighted by molar-refractivity contribution is -0.118. The van der Waals surface area contributed by atoms with E-state index in [9.17, 15) is 14.4 Å². The number of hydrogen-bond acceptors (Lipinski definition) is 3. The molecule has 0 saturated carbocycles. The monoisotopic (exact) mass is 333 g/mol. The van der Waals surface area contributed by atoms with Gasteiger partial charge in [0.2, 0.25) is 11.9 Å². The van der Waals surface area contributed by atoms with E-state index in [0.29, 0.717) is 24.2 Å². The summed E-state index contributed by atoms with van der Waals surface area (Å²) in [4.78, 5) is 15.8. The number of nitrogens with two attached hydrogens (primary N) is 1. The van der Waals surface area contributed by atoms with Crippen molar-refractivity contribution in [1.82, 2.24) is 9.55 Å². The number of rotatable bonds is 3. The summed E-state index contributed by atoms with van der Waals surface area (Å²) >= 11 is 0. The molecule has 1 aromatic carbocycles. The molecule has 5 nitrogen and oxygen atoms in total. The molecule has 1 aliphatic carbocycles. The molecule has 1 unspecified atom stereocenters. The van der Waals surface area contributed by atoms with Gasteiger partial charge in [0.05, 0.1) is 29.8 Å². The molecule has 3 aromatic rings. The van der Waals surface area contributed by atoms with Gasteiger partial charge in [-0.1, -0.05) is 6.07 Å². The highest BCUT2D eigenvalue weighted by Crippen LogP contribution is 2.40. The van der Waals surface area contributed by atoms with Crippen molar-refractivity contribution in [1.29, 1.82) is 5.26 Å². The maximum atomic E-state index is 13.4. The van der Waals surface area contributed by atoms with Gasteiger partial charge in [0.1, 0.15) is 0 Å². The normalized spacial score (nSPS) is 15.9. The predicted molar refractivity (Wildman–Crippen MR) is 89.9 cm³/mol. The van der Waals surface area contributed by atoms with E-state index in [1.165, 1.54) is 6.07 Å². The van der Waals surface area contributed by atoms with Gasteiger partial charge in [0.15, 0.2) is 0 Å². The van der Waals surface area contributed by atoms with Crippen LogP contribution < -0.4 is 5.73 Å². The lowest BCUT2D eigenvalue weighted by Gasteiger charge is -2.09. The number of pyridine rings is 1. The smallest absolute Gasteiger partial charge is 0.225 e. The van der Waals surface area contributed by atoms with Crippen LogP contribution in [-0.2, 0) is 17.8 Å². The summed E-state index contributed by atoms with van der Waals surface area (Å²) in [5, 5.41) is 10.0. The molecule has 0 spiro atoms. The molecule has 0 bridgehead atoms. The second-order valence-electron chi connectivity index (χ2n) is 6.06. The zero-order valence-electron chi connectivity index (χ0n) is 13.2. The molecule has 6 heteroatoms. The van der Waals surface area contributed by atoms with Crippen molar-refractivity contribution < 1.29 is 9.18 Å². The highest BCUT2D eigenvalue weighted by molar-refractivity contribution is 5.96. The molecule has 2 N–H and O–H groups in total. The van der Waals surface area contributed by atoms with Crippen LogP contribution in [0.15, 0.2) is 36.4 Å². The highest BCUT2D eigenvalue weighted by atomic mass is 19.1. The van der Waals surface area contributed by atoms with Crippen molar-refractivity contribution in [2.24, 2.45) is 5.73 Å². The van der Waals surface area contributed by atoms with Gasteiger partial charge in [-0.25, -0.2) is 4.98 Å². The van der Waals surface area contributed by atoms with Crippen molar-refractivity contribution in [3.05, 3.63) is 71.3 Å². The number of hydrogen-bond donors (Lipinski definition) is 1.